The number of hydrogen-bond donors (Lipinski definition) is 1. The Labute approximate surface area is 118 Å². The zero-order chi connectivity index (χ0) is 13.7. The van der Waals surface area contributed by atoms with Crippen LogP contribution in [0.15, 0.2) is 29.6 Å². The normalized spacial score (nSPS) is 12.4. The first-order valence-electron chi connectivity index (χ1n) is 6.56. The molecule has 4 heteroatoms. The maximum absolute atomic E-state index is 5.73. The molecule has 0 saturated carbocycles. The van der Waals surface area contributed by atoms with Crippen molar-refractivity contribution in [3.63, 3.8) is 0 Å². The van der Waals surface area contributed by atoms with E-state index in [0.29, 0.717) is 12.6 Å². The lowest BCUT2D eigenvalue weighted by atomic mass is 10.1. The van der Waals surface area contributed by atoms with Gasteiger partial charge in [0.25, 0.3) is 0 Å². The summed E-state index contributed by atoms with van der Waals surface area (Å²) in [6.45, 7) is 7.79. The van der Waals surface area contributed by atoms with E-state index in [-0.39, 0.29) is 0 Å². The Hall–Kier alpha value is -1.39. The average Bonchev–Trinajstić information content (AvgIpc) is 2.83. The van der Waals surface area contributed by atoms with Gasteiger partial charge in [-0.05, 0) is 38.1 Å². The lowest BCUT2D eigenvalue weighted by molar-refractivity contribution is 0.305. The van der Waals surface area contributed by atoms with Crippen LogP contribution in [0.25, 0.3) is 0 Å². The van der Waals surface area contributed by atoms with Gasteiger partial charge in [-0.3, -0.25) is 0 Å². The first kappa shape index (κ1) is 14.0. The lowest BCUT2D eigenvalue weighted by Gasteiger charge is -2.13. The van der Waals surface area contributed by atoms with Crippen molar-refractivity contribution >= 4 is 11.3 Å². The molecule has 0 aliphatic heterocycles. The molecule has 19 heavy (non-hydrogen) atoms. The summed E-state index contributed by atoms with van der Waals surface area (Å²) >= 11 is 1.64. The molecule has 0 amide bonds. The van der Waals surface area contributed by atoms with Gasteiger partial charge < -0.3 is 10.1 Å². The molecule has 1 N–H and O–H groups in total. The van der Waals surface area contributed by atoms with Crippen molar-refractivity contribution < 1.29 is 4.74 Å². The minimum absolute atomic E-state index is 0.376. The number of ether oxygens (including phenoxy) is 1. The maximum Gasteiger partial charge on any atom is 0.140 e. The first-order valence-corrected chi connectivity index (χ1v) is 7.44. The third-order valence-corrected chi connectivity index (χ3v) is 3.86. The molecule has 102 valence electrons. The van der Waals surface area contributed by atoms with Gasteiger partial charge in [0.05, 0.1) is 0 Å². The highest BCUT2D eigenvalue weighted by atomic mass is 32.1. The molecule has 1 aromatic heterocycles. The van der Waals surface area contributed by atoms with Gasteiger partial charge in [-0.1, -0.05) is 19.1 Å². The third-order valence-electron chi connectivity index (χ3n) is 2.92. The Kier molecular flexibility index (Phi) is 4.93. The molecule has 1 unspecified atom stereocenters. The van der Waals surface area contributed by atoms with E-state index in [9.17, 15) is 0 Å². The van der Waals surface area contributed by atoms with Crippen LogP contribution in [0.4, 0.5) is 0 Å². The molecule has 2 rings (SSSR count). The highest BCUT2D eigenvalue weighted by Crippen LogP contribution is 2.19. The van der Waals surface area contributed by atoms with E-state index in [1.54, 1.807) is 11.3 Å². The molecule has 0 saturated heterocycles. The van der Waals surface area contributed by atoms with Crippen molar-refractivity contribution in [2.24, 2.45) is 0 Å². The zero-order valence-corrected chi connectivity index (χ0v) is 12.5. The Balaban J connectivity index is 1.91. The number of nitrogens with one attached hydrogen (secondary N) is 1. The molecule has 0 bridgehead atoms. The largest absolute Gasteiger partial charge is 0.486 e. The third kappa shape index (κ3) is 4.04. The van der Waals surface area contributed by atoms with Crippen LogP contribution >= 0.6 is 11.3 Å². The fraction of sp³-hybridized carbons (Fsp3) is 0.400. The van der Waals surface area contributed by atoms with E-state index < -0.39 is 0 Å². The second-order valence-electron chi connectivity index (χ2n) is 4.52. The Morgan fingerprint density at radius 1 is 1.32 bits per heavy atom. The van der Waals surface area contributed by atoms with Crippen LogP contribution in [0, 0.1) is 6.92 Å². The quantitative estimate of drug-likeness (QED) is 0.873. The van der Waals surface area contributed by atoms with Crippen LogP contribution in [0.5, 0.6) is 5.75 Å². The van der Waals surface area contributed by atoms with Gasteiger partial charge in [0.1, 0.15) is 17.4 Å². The predicted molar refractivity (Wildman–Crippen MR) is 79.7 cm³/mol. The molecule has 0 aliphatic carbocycles. The van der Waals surface area contributed by atoms with Crippen LogP contribution in [-0.2, 0) is 6.61 Å². The summed E-state index contributed by atoms with van der Waals surface area (Å²) in [6, 6.07) is 8.62. The second-order valence-corrected chi connectivity index (χ2v) is 5.46. The Bertz CT molecular complexity index is 507. The van der Waals surface area contributed by atoms with Gasteiger partial charge in [-0.15, -0.1) is 11.3 Å². The summed E-state index contributed by atoms with van der Waals surface area (Å²) in [5, 5.41) is 6.45. The van der Waals surface area contributed by atoms with E-state index in [1.165, 1.54) is 5.56 Å². The van der Waals surface area contributed by atoms with Crippen LogP contribution < -0.4 is 10.1 Å². The van der Waals surface area contributed by atoms with Gasteiger partial charge in [-0.25, -0.2) is 4.98 Å². The maximum atomic E-state index is 5.73. The van der Waals surface area contributed by atoms with Gasteiger partial charge in [-0.2, -0.15) is 0 Å². The monoisotopic (exact) mass is 276 g/mol. The molecule has 3 nitrogen and oxygen atoms in total. The Morgan fingerprint density at radius 2 is 2.05 bits per heavy atom. The number of rotatable bonds is 6. The molecule has 2 aromatic rings. The summed E-state index contributed by atoms with van der Waals surface area (Å²) in [5.74, 6) is 0.889. The van der Waals surface area contributed by atoms with Crippen LogP contribution in [0.1, 0.15) is 36.2 Å². The Morgan fingerprint density at radius 3 is 2.63 bits per heavy atom. The predicted octanol–water partition coefficient (Wildman–Crippen LogP) is 3.70. The number of hydrogen-bond acceptors (Lipinski definition) is 4. The molecule has 0 fully saturated rings. The van der Waals surface area contributed by atoms with Gasteiger partial charge in [0, 0.05) is 17.1 Å². The fourth-order valence-electron chi connectivity index (χ4n) is 1.89. The molecular weight excluding hydrogens is 256 g/mol. The van der Waals surface area contributed by atoms with E-state index in [2.05, 4.69) is 36.3 Å². The summed E-state index contributed by atoms with van der Waals surface area (Å²) in [7, 11) is 0. The van der Waals surface area contributed by atoms with E-state index >= 15 is 0 Å². The van der Waals surface area contributed by atoms with Gasteiger partial charge >= 0.3 is 0 Å². The SMILES string of the molecule is CCNC(C)c1ccc(OCc2nc(C)cs2)cc1. The van der Waals surface area contributed by atoms with Crippen LogP contribution in [0.3, 0.4) is 0 Å². The molecule has 0 aliphatic rings. The first-order chi connectivity index (χ1) is 9.19. The topological polar surface area (TPSA) is 34.1 Å². The van der Waals surface area contributed by atoms with Crippen molar-refractivity contribution in [2.75, 3.05) is 6.54 Å². The number of nitrogens with zero attached hydrogens (tertiary/aromatic N) is 1. The van der Waals surface area contributed by atoms with Crippen molar-refractivity contribution in [1.29, 1.82) is 0 Å². The number of aromatic nitrogens is 1. The fourth-order valence-corrected chi connectivity index (χ4v) is 2.57. The summed E-state index contributed by atoms with van der Waals surface area (Å²) in [4.78, 5) is 4.38. The summed E-state index contributed by atoms with van der Waals surface area (Å²) < 4.78 is 5.73. The molecule has 0 spiro atoms. The molecular formula is C15H20N2OS. The van der Waals surface area contributed by atoms with Crippen molar-refractivity contribution in [1.82, 2.24) is 10.3 Å². The minimum Gasteiger partial charge on any atom is -0.486 e. The van der Waals surface area contributed by atoms with E-state index in [4.69, 9.17) is 4.74 Å². The number of aryl methyl sites for hydroxylation is 1. The smallest absolute Gasteiger partial charge is 0.140 e. The van der Waals surface area contributed by atoms with Crippen LogP contribution in [-0.4, -0.2) is 11.5 Å². The molecule has 1 atom stereocenters. The summed E-state index contributed by atoms with van der Waals surface area (Å²) in [6.07, 6.45) is 0. The van der Waals surface area contributed by atoms with Gasteiger partial charge in [0.2, 0.25) is 0 Å². The lowest BCUT2D eigenvalue weighted by Crippen LogP contribution is -2.17. The van der Waals surface area contributed by atoms with Crippen LogP contribution in [0.2, 0.25) is 0 Å². The molecule has 0 radical (unpaired) electrons. The summed E-state index contributed by atoms with van der Waals surface area (Å²) in [5.41, 5.74) is 2.33. The highest BCUT2D eigenvalue weighted by Gasteiger charge is 2.04. The second kappa shape index (κ2) is 6.68. The van der Waals surface area contributed by atoms with E-state index in [1.807, 2.05) is 24.4 Å². The van der Waals surface area contributed by atoms with Crippen molar-refractivity contribution in [3.05, 3.63) is 45.9 Å². The minimum atomic E-state index is 0.376. The van der Waals surface area contributed by atoms with E-state index in [0.717, 1.165) is 23.0 Å². The standard InChI is InChI=1S/C15H20N2OS/c1-4-16-12(3)13-5-7-14(8-6-13)18-9-15-17-11(2)10-19-15/h5-8,10,12,16H,4,9H2,1-3H3. The number of benzene rings is 1. The molecule has 1 heterocycles. The van der Waals surface area contributed by atoms with Gasteiger partial charge in [0.15, 0.2) is 0 Å². The average molecular weight is 276 g/mol. The highest BCUT2D eigenvalue weighted by molar-refractivity contribution is 7.09. The number of thiazole rings is 1. The van der Waals surface area contributed by atoms with Crippen molar-refractivity contribution in [2.45, 2.75) is 33.4 Å². The zero-order valence-electron chi connectivity index (χ0n) is 11.6. The van der Waals surface area contributed by atoms with Crippen molar-refractivity contribution in [3.8, 4) is 5.75 Å². The molecule has 1 aromatic carbocycles.